The van der Waals surface area contributed by atoms with E-state index in [9.17, 15) is 12.8 Å². The maximum atomic E-state index is 13.3. The van der Waals surface area contributed by atoms with Crippen molar-refractivity contribution in [1.29, 1.82) is 0 Å². The Balaban J connectivity index is 1.77. The number of hydrogen-bond acceptors (Lipinski definition) is 3. The van der Waals surface area contributed by atoms with Gasteiger partial charge in [-0.1, -0.05) is 18.6 Å². The molecule has 1 fully saturated rings. The Kier molecular flexibility index (Phi) is 3.80. The normalized spacial score (nSPS) is 19.3. The SMILES string of the molecule is CS(=O)(=O)c1ccc(C2=C(c3ccc(F)cc3)CC3(CCC3)C2)nc1. The van der Waals surface area contributed by atoms with E-state index in [0.29, 0.717) is 5.41 Å². The number of aromatic nitrogens is 1. The second kappa shape index (κ2) is 5.77. The van der Waals surface area contributed by atoms with E-state index < -0.39 is 9.84 Å². The molecule has 2 aliphatic rings. The number of nitrogens with zero attached hydrogens (tertiary/aromatic N) is 1. The van der Waals surface area contributed by atoms with Crippen LogP contribution < -0.4 is 0 Å². The third kappa shape index (κ3) is 3.01. The number of benzene rings is 1. The van der Waals surface area contributed by atoms with Gasteiger partial charge in [0.1, 0.15) is 5.82 Å². The molecule has 5 heteroatoms. The van der Waals surface area contributed by atoms with Crippen molar-refractivity contribution in [2.24, 2.45) is 5.41 Å². The average molecular weight is 357 g/mol. The number of sulfone groups is 1. The van der Waals surface area contributed by atoms with Gasteiger partial charge >= 0.3 is 0 Å². The minimum Gasteiger partial charge on any atom is -0.255 e. The van der Waals surface area contributed by atoms with Gasteiger partial charge in [-0.05, 0) is 72.1 Å². The monoisotopic (exact) mass is 357 g/mol. The highest BCUT2D eigenvalue weighted by molar-refractivity contribution is 7.90. The molecule has 0 bridgehead atoms. The summed E-state index contributed by atoms with van der Waals surface area (Å²) >= 11 is 0. The molecule has 0 atom stereocenters. The highest BCUT2D eigenvalue weighted by atomic mass is 32.2. The molecule has 2 aromatic rings. The van der Waals surface area contributed by atoms with Gasteiger partial charge in [0.25, 0.3) is 0 Å². The van der Waals surface area contributed by atoms with Crippen molar-refractivity contribution in [3.8, 4) is 0 Å². The van der Waals surface area contributed by atoms with Crippen LogP contribution in [0.5, 0.6) is 0 Å². The summed E-state index contributed by atoms with van der Waals surface area (Å²) in [6.45, 7) is 0. The number of hydrogen-bond donors (Lipinski definition) is 0. The number of allylic oxidation sites excluding steroid dienone is 2. The highest BCUT2D eigenvalue weighted by Crippen LogP contribution is 2.59. The van der Waals surface area contributed by atoms with Gasteiger partial charge in [-0.15, -0.1) is 0 Å². The first kappa shape index (κ1) is 16.5. The first-order valence-electron chi connectivity index (χ1n) is 8.51. The fraction of sp³-hybridized carbons (Fsp3) is 0.350. The molecule has 4 rings (SSSR count). The summed E-state index contributed by atoms with van der Waals surface area (Å²) in [4.78, 5) is 4.67. The molecular weight excluding hydrogens is 337 g/mol. The fourth-order valence-electron chi connectivity index (χ4n) is 4.01. The van der Waals surface area contributed by atoms with Gasteiger partial charge in [0, 0.05) is 12.5 Å². The summed E-state index contributed by atoms with van der Waals surface area (Å²) < 4.78 is 36.6. The van der Waals surface area contributed by atoms with Crippen molar-refractivity contribution in [2.45, 2.75) is 37.0 Å². The quantitative estimate of drug-likeness (QED) is 0.812. The molecule has 0 N–H and O–H groups in total. The average Bonchev–Trinajstić information content (AvgIpc) is 2.96. The van der Waals surface area contributed by atoms with Crippen molar-refractivity contribution >= 4 is 21.0 Å². The third-order valence-electron chi connectivity index (χ3n) is 5.55. The van der Waals surface area contributed by atoms with Gasteiger partial charge in [0.2, 0.25) is 0 Å². The predicted molar refractivity (Wildman–Crippen MR) is 96.1 cm³/mol. The van der Waals surface area contributed by atoms with Crippen molar-refractivity contribution < 1.29 is 12.8 Å². The molecule has 130 valence electrons. The Morgan fingerprint density at radius 1 is 1.00 bits per heavy atom. The molecule has 0 saturated heterocycles. The molecule has 0 aliphatic heterocycles. The first-order chi connectivity index (χ1) is 11.9. The second-order valence-corrected chi connectivity index (χ2v) is 9.34. The van der Waals surface area contributed by atoms with Crippen molar-refractivity contribution in [1.82, 2.24) is 4.98 Å². The molecule has 1 spiro atoms. The van der Waals surface area contributed by atoms with E-state index in [4.69, 9.17) is 0 Å². The van der Waals surface area contributed by atoms with Crippen LogP contribution in [0.3, 0.4) is 0 Å². The molecule has 0 radical (unpaired) electrons. The predicted octanol–water partition coefficient (Wildman–Crippen LogP) is 4.50. The molecule has 0 unspecified atom stereocenters. The highest BCUT2D eigenvalue weighted by Gasteiger charge is 2.44. The lowest BCUT2D eigenvalue weighted by Crippen LogP contribution is -2.26. The lowest BCUT2D eigenvalue weighted by Gasteiger charge is -2.39. The van der Waals surface area contributed by atoms with Crippen LogP contribution in [-0.2, 0) is 9.84 Å². The van der Waals surface area contributed by atoms with E-state index in [2.05, 4.69) is 4.98 Å². The zero-order valence-corrected chi connectivity index (χ0v) is 14.9. The molecule has 2 aliphatic carbocycles. The molecule has 0 amide bonds. The summed E-state index contributed by atoms with van der Waals surface area (Å²) in [5, 5.41) is 0. The van der Waals surface area contributed by atoms with Gasteiger partial charge in [-0.3, -0.25) is 4.98 Å². The maximum absolute atomic E-state index is 13.3. The summed E-state index contributed by atoms with van der Waals surface area (Å²) in [7, 11) is -3.25. The number of pyridine rings is 1. The van der Waals surface area contributed by atoms with Crippen molar-refractivity contribution in [2.75, 3.05) is 6.26 Å². The van der Waals surface area contributed by atoms with E-state index in [1.165, 1.54) is 55.0 Å². The standard InChI is InChI=1S/C20H20FNO2S/c1-25(23,24)16-7-8-19(22-13-16)18-12-20(9-2-10-20)11-17(18)14-3-5-15(21)6-4-14/h3-8,13H,2,9-12H2,1H3. The Morgan fingerprint density at radius 3 is 2.20 bits per heavy atom. The molecular formula is C20H20FNO2S. The minimum atomic E-state index is -3.25. The third-order valence-corrected chi connectivity index (χ3v) is 6.65. The number of halogens is 1. The van der Waals surface area contributed by atoms with Gasteiger partial charge in [0.15, 0.2) is 9.84 Å². The smallest absolute Gasteiger partial charge is 0.177 e. The Labute approximate surface area is 147 Å². The van der Waals surface area contributed by atoms with Gasteiger partial charge in [-0.2, -0.15) is 0 Å². The molecule has 3 nitrogen and oxygen atoms in total. The Hall–Kier alpha value is -2.01. The van der Waals surface area contributed by atoms with Gasteiger partial charge < -0.3 is 0 Å². The van der Waals surface area contributed by atoms with E-state index in [0.717, 1.165) is 24.1 Å². The number of rotatable bonds is 3. The lowest BCUT2D eigenvalue weighted by molar-refractivity contribution is 0.157. The van der Waals surface area contributed by atoms with Gasteiger partial charge in [0.05, 0.1) is 10.6 Å². The summed E-state index contributed by atoms with van der Waals surface area (Å²) in [5.41, 5.74) is 4.58. The molecule has 1 saturated carbocycles. The molecule has 1 aromatic heterocycles. The van der Waals surface area contributed by atoms with Crippen LogP contribution in [0.25, 0.3) is 11.1 Å². The van der Waals surface area contributed by atoms with Crippen molar-refractivity contribution in [3.63, 3.8) is 0 Å². The lowest BCUT2D eigenvalue weighted by atomic mass is 9.66. The largest absolute Gasteiger partial charge is 0.255 e. The van der Waals surface area contributed by atoms with Crippen LogP contribution >= 0.6 is 0 Å². The van der Waals surface area contributed by atoms with Gasteiger partial charge in [-0.25, -0.2) is 12.8 Å². The van der Waals surface area contributed by atoms with Crippen LogP contribution in [0.2, 0.25) is 0 Å². The topological polar surface area (TPSA) is 47.0 Å². The molecule has 1 heterocycles. The fourth-order valence-corrected chi connectivity index (χ4v) is 4.57. The molecule has 25 heavy (non-hydrogen) atoms. The zero-order valence-electron chi connectivity index (χ0n) is 14.1. The van der Waals surface area contributed by atoms with E-state index in [1.54, 1.807) is 12.1 Å². The molecule has 1 aromatic carbocycles. The zero-order chi connectivity index (χ0) is 17.7. The van der Waals surface area contributed by atoms with Crippen LogP contribution in [0.4, 0.5) is 4.39 Å². The summed E-state index contributed by atoms with van der Waals surface area (Å²) in [6, 6.07) is 10.1. The second-order valence-electron chi connectivity index (χ2n) is 7.32. The summed E-state index contributed by atoms with van der Waals surface area (Å²) in [5.74, 6) is -0.238. The maximum Gasteiger partial charge on any atom is 0.177 e. The van der Waals surface area contributed by atoms with E-state index in [1.807, 2.05) is 12.1 Å². The Morgan fingerprint density at radius 2 is 1.68 bits per heavy atom. The van der Waals surface area contributed by atoms with E-state index >= 15 is 0 Å². The van der Waals surface area contributed by atoms with Crippen LogP contribution in [-0.4, -0.2) is 19.7 Å². The Bertz CT molecular complexity index is 940. The van der Waals surface area contributed by atoms with E-state index in [-0.39, 0.29) is 10.7 Å². The van der Waals surface area contributed by atoms with Crippen molar-refractivity contribution in [3.05, 3.63) is 59.7 Å². The van der Waals surface area contributed by atoms with Crippen LogP contribution in [0.15, 0.2) is 47.5 Å². The first-order valence-corrected chi connectivity index (χ1v) is 10.4. The minimum absolute atomic E-state index is 0.233. The summed E-state index contributed by atoms with van der Waals surface area (Å²) in [6.07, 6.45) is 8.25. The van der Waals surface area contributed by atoms with Crippen LogP contribution in [0.1, 0.15) is 43.4 Å². The van der Waals surface area contributed by atoms with Crippen LogP contribution in [0, 0.1) is 11.2 Å².